The molecule has 0 bridgehead atoms. The van der Waals surface area contributed by atoms with Crippen molar-refractivity contribution in [1.29, 1.82) is 0 Å². The number of aromatic nitrogens is 5. The Morgan fingerprint density at radius 1 is 0.951 bits per heavy atom. The Morgan fingerprint density at radius 2 is 1.71 bits per heavy atom. The van der Waals surface area contributed by atoms with Gasteiger partial charge in [0.2, 0.25) is 11.8 Å². The van der Waals surface area contributed by atoms with Gasteiger partial charge in [-0.05, 0) is 61.5 Å². The van der Waals surface area contributed by atoms with Crippen molar-refractivity contribution in [2.45, 2.75) is 19.8 Å². The third-order valence-corrected chi connectivity index (χ3v) is 8.19. The van der Waals surface area contributed by atoms with Crippen LogP contribution in [0.3, 0.4) is 0 Å². The standard InChI is InChI=1S/C31H22ClN5O2S2/c1-15-8-13-21-20(14-15)23(17-6-4-3-5-7-17)26(33-21)29(38)37-30-22(16(2)36-37)24(18-9-11-19(32)12-10-18)25-27(39-30)34-31(41)35-28(25)40/h3-14,24,33H,1-2H3,(H2,34,35,40,41). The summed E-state index contributed by atoms with van der Waals surface area (Å²) in [5.41, 5.74) is 7.12. The van der Waals surface area contributed by atoms with Crippen molar-refractivity contribution in [1.82, 2.24) is 24.7 Å². The molecule has 202 valence electrons. The smallest absolute Gasteiger partial charge is 0.298 e. The molecule has 0 saturated carbocycles. The van der Waals surface area contributed by atoms with Crippen LogP contribution in [0, 0.1) is 23.3 Å². The number of ether oxygens (including phenoxy) is 1. The number of aromatic amines is 3. The molecule has 0 amide bonds. The van der Waals surface area contributed by atoms with Gasteiger partial charge in [0.05, 0.1) is 16.8 Å². The summed E-state index contributed by atoms with van der Waals surface area (Å²) in [7, 11) is 0. The van der Waals surface area contributed by atoms with Crippen molar-refractivity contribution in [3.05, 3.63) is 121 Å². The number of hydrogen-bond acceptors (Lipinski definition) is 5. The maximum Gasteiger partial charge on any atom is 0.298 e. The van der Waals surface area contributed by atoms with E-state index in [1.807, 2.05) is 80.6 Å². The minimum Gasteiger partial charge on any atom is -0.422 e. The molecule has 7 nitrogen and oxygen atoms in total. The molecule has 1 atom stereocenters. The lowest BCUT2D eigenvalue weighted by Crippen LogP contribution is -2.20. The third-order valence-electron chi connectivity index (χ3n) is 7.41. The predicted octanol–water partition coefficient (Wildman–Crippen LogP) is 8.39. The van der Waals surface area contributed by atoms with Crippen molar-refractivity contribution in [3.8, 4) is 22.9 Å². The normalized spacial score (nSPS) is 14.0. The van der Waals surface area contributed by atoms with E-state index in [9.17, 15) is 4.79 Å². The molecule has 41 heavy (non-hydrogen) atoms. The van der Waals surface area contributed by atoms with Gasteiger partial charge in [0.25, 0.3) is 5.91 Å². The van der Waals surface area contributed by atoms with Gasteiger partial charge in [-0.3, -0.25) is 4.79 Å². The minimum atomic E-state index is -0.373. The molecule has 3 N–H and O–H groups in total. The maximum atomic E-state index is 14.4. The quantitative estimate of drug-likeness (QED) is 0.178. The second kappa shape index (κ2) is 9.66. The highest BCUT2D eigenvalue weighted by Crippen LogP contribution is 2.48. The van der Waals surface area contributed by atoms with Crippen molar-refractivity contribution in [3.63, 3.8) is 0 Å². The lowest BCUT2D eigenvalue weighted by molar-refractivity contribution is 0.0931. The SMILES string of the molecule is Cc1ccc2[nH]c(C(=O)n3nc(C)c4c3Oc3[nH]c(=S)[nH]c(=S)c3C4c3ccc(Cl)cc3)c(-c3ccccc3)c2c1. The maximum absolute atomic E-state index is 14.4. The van der Waals surface area contributed by atoms with E-state index in [2.05, 4.69) is 21.0 Å². The third kappa shape index (κ3) is 4.16. The molecular formula is C31H22ClN5O2S2. The summed E-state index contributed by atoms with van der Waals surface area (Å²) in [5.74, 6) is -0.0436. The number of hydrogen-bond donors (Lipinski definition) is 3. The fourth-order valence-electron chi connectivity index (χ4n) is 5.61. The Bertz CT molecular complexity index is 2120. The van der Waals surface area contributed by atoms with Gasteiger partial charge in [0.15, 0.2) is 4.77 Å². The molecule has 0 saturated heterocycles. The summed E-state index contributed by atoms with van der Waals surface area (Å²) >= 11 is 17.3. The zero-order chi connectivity index (χ0) is 28.4. The highest BCUT2D eigenvalue weighted by atomic mass is 35.5. The largest absolute Gasteiger partial charge is 0.422 e. The number of halogens is 1. The first-order chi connectivity index (χ1) is 19.8. The molecule has 0 aliphatic carbocycles. The number of carbonyl (C=O) groups excluding carboxylic acids is 1. The number of nitrogens with zero attached hydrogens (tertiary/aromatic N) is 2. The zero-order valence-electron chi connectivity index (χ0n) is 21.9. The highest BCUT2D eigenvalue weighted by molar-refractivity contribution is 7.72. The first-order valence-corrected chi connectivity index (χ1v) is 14.1. The van der Waals surface area contributed by atoms with Gasteiger partial charge < -0.3 is 19.7 Å². The molecule has 10 heteroatoms. The molecule has 3 aromatic heterocycles. The number of benzene rings is 3. The molecule has 1 unspecified atom stereocenters. The number of fused-ring (bicyclic) bond motifs is 3. The summed E-state index contributed by atoms with van der Waals surface area (Å²) in [6, 6.07) is 23.5. The Labute approximate surface area is 249 Å². The topological polar surface area (TPSA) is 91.5 Å². The number of carbonyl (C=O) groups is 1. The van der Waals surface area contributed by atoms with Gasteiger partial charge in [0.1, 0.15) is 10.3 Å². The van der Waals surface area contributed by atoms with Gasteiger partial charge >= 0.3 is 0 Å². The number of rotatable bonds is 3. The van der Waals surface area contributed by atoms with E-state index in [0.717, 1.165) is 38.7 Å². The van der Waals surface area contributed by atoms with Crippen LogP contribution in [0.5, 0.6) is 11.8 Å². The van der Waals surface area contributed by atoms with Crippen LogP contribution in [-0.2, 0) is 0 Å². The first-order valence-electron chi connectivity index (χ1n) is 12.9. The Kier molecular flexibility index (Phi) is 6.04. The molecular weight excluding hydrogens is 574 g/mol. The van der Waals surface area contributed by atoms with E-state index in [1.165, 1.54) is 4.68 Å². The minimum absolute atomic E-state index is 0.306. The van der Waals surface area contributed by atoms with Crippen molar-refractivity contribution < 1.29 is 9.53 Å². The van der Waals surface area contributed by atoms with Crippen LogP contribution in [0.25, 0.3) is 22.0 Å². The van der Waals surface area contributed by atoms with Crippen molar-refractivity contribution >= 4 is 52.8 Å². The summed E-state index contributed by atoms with van der Waals surface area (Å²) < 4.78 is 8.48. The monoisotopic (exact) mass is 595 g/mol. The molecule has 3 aromatic carbocycles. The van der Waals surface area contributed by atoms with Crippen LogP contribution in [0.4, 0.5) is 0 Å². The molecule has 6 aromatic rings. The van der Waals surface area contributed by atoms with Gasteiger partial charge in [0, 0.05) is 27.4 Å². The second-order valence-corrected chi connectivity index (χ2v) is 11.3. The van der Waals surface area contributed by atoms with Gasteiger partial charge in [-0.2, -0.15) is 9.78 Å². The fraction of sp³-hybridized carbons (Fsp3) is 0.0968. The molecule has 0 spiro atoms. The average Bonchev–Trinajstić information content (AvgIpc) is 3.49. The van der Waals surface area contributed by atoms with E-state index >= 15 is 0 Å². The summed E-state index contributed by atoms with van der Waals surface area (Å²) in [6.07, 6.45) is 0. The van der Waals surface area contributed by atoms with E-state index in [1.54, 1.807) is 0 Å². The molecule has 4 heterocycles. The van der Waals surface area contributed by atoms with E-state index in [0.29, 0.717) is 43.1 Å². The van der Waals surface area contributed by atoms with E-state index < -0.39 is 0 Å². The zero-order valence-corrected chi connectivity index (χ0v) is 24.3. The fourth-order valence-corrected chi connectivity index (χ4v) is 6.31. The predicted molar refractivity (Wildman–Crippen MR) is 164 cm³/mol. The molecule has 7 rings (SSSR count). The van der Waals surface area contributed by atoms with Gasteiger partial charge in [-0.25, -0.2) is 0 Å². The lowest BCUT2D eigenvalue weighted by atomic mass is 9.85. The van der Waals surface area contributed by atoms with Crippen LogP contribution in [0.1, 0.15) is 44.4 Å². The molecule has 0 radical (unpaired) electrons. The summed E-state index contributed by atoms with van der Waals surface area (Å²) in [5, 5.41) is 6.30. The van der Waals surface area contributed by atoms with Crippen molar-refractivity contribution in [2.75, 3.05) is 0 Å². The van der Waals surface area contributed by atoms with Crippen LogP contribution >= 0.6 is 36.0 Å². The molecule has 1 aliphatic heterocycles. The highest BCUT2D eigenvalue weighted by Gasteiger charge is 2.38. The van der Waals surface area contributed by atoms with Crippen LogP contribution in [0.2, 0.25) is 5.02 Å². The molecule has 0 fully saturated rings. The van der Waals surface area contributed by atoms with Gasteiger partial charge in [-0.1, -0.05) is 77.9 Å². The summed E-state index contributed by atoms with van der Waals surface area (Å²) in [4.78, 5) is 23.9. The lowest BCUT2D eigenvalue weighted by Gasteiger charge is -2.26. The van der Waals surface area contributed by atoms with Crippen molar-refractivity contribution in [2.24, 2.45) is 0 Å². The molecule has 1 aliphatic rings. The van der Waals surface area contributed by atoms with Gasteiger partial charge in [-0.15, -0.1) is 0 Å². The van der Waals surface area contributed by atoms with Crippen LogP contribution in [-0.4, -0.2) is 30.6 Å². The summed E-state index contributed by atoms with van der Waals surface area (Å²) in [6.45, 7) is 3.90. The Hall–Kier alpha value is -4.31. The van der Waals surface area contributed by atoms with E-state index in [4.69, 9.17) is 45.9 Å². The van der Waals surface area contributed by atoms with Crippen LogP contribution < -0.4 is 4.74 Å². The number of aryl methyl sites for hydroxylation is 2. The average molecular weight is 596 g/mol. The number of nitrogens with one attached hydrogen (secondary N) is 3. The Balaban J connectivity index is 1.47. The van der Waals surface area contributed by atoms with E-state index in [-0.39, 0.29) is 11.8 Å². The second-order valence-electron chi connectivity index (χ2n) is 10.0. The van der Waals surface area contributed by atoms with Crippen LogP contribution in [0.15, 0.2) is 72.8 Å². The Morgan fingerprint density at radius 3 is 2.46 bits per heavy atom. The first kappa shape index (κ1) is 25.6. The number of H-pyrrole nitrogens is 3.